The van der Waals surface area contributed by atoms with Crippen LogP contribution in [-0.4, -0.2) is 40.3 Å². The van der Waals surface area contributed by atoms with Crippen LogP contribution in [0.1, 0.15) is 18.4 Å². The lowest BCUT2D eigenvalue weighted by Crippen LogP contribution is -2.16. The van der Waals surface area contributed by atoms with Crippen molar-refractivity contribution in [2.45, 2.75) is 12.5 Å². The van der Waals surface area contributed by atoms with E-state index in [1.54, 1.807) is 24.0 Å². The van der Waals surface area contributed by atoms with Gasteiger partial charge in [0.2, 0.25) is 11.7 Å². The summed E-state index contributed by atoms with van der Waals surface area (Å²) in [6, 6.07) is 1.15. The number of nitrogens with zero attached hydrogens (tertiary/aromatic N) is 4. The zero-order valence-corrected chi connectivity index (χ0v) is 11.5. The summed E-state index contributed by atoms with van der Waals surface area (Å²) in [6.07, 6.45) is 3.16. The number of nitrogens with two attached hydrogens (primary N) is 1. The van der Waals surface area contributed by atoms with Crippen LogP contribution in [0, 0.1) is 0 Å². The SMILES string of the molecule is Cn1ccc(-c2noc(C(N)CCS(C)(=O)=O)n2)n1. The first-order valence-electron chi connectivity index (χ1n) is 5.62. The molecule has 8 nitrogen and oxygen atoms in total. The maximum atomic E-state index is 11.1. The van der Waals surface area contributed by atoms with Gasteiger partial charge in [-0.15, -0.1) is 0 Å². The average molecular weight is 285 g/mol. The summed E-state index contributed by atoms with van der Waals surface area (Å²) >= 11 is 0. The molecule has 2 N–H and O–H groups in total. The van der Waals surface area contributed by atoms with Crippen molar-refractivity contribution in [2.24, 2.45) is 12.8 Å². The first-order valence-corrected chi connectivity index (χ1v) is 7.68. The zero-order valence-electron chi connectivity index (χ0n) is 10.6. The van der Waals surface area contributed by atoms with E-state index in [-0.39, 0.29) is 18.1 Å². The third-order valence-corrected chi connectivity index (χ3v) is 3.48. The Morgan fingerprint density at radius 1 is 1.53 bits per heavy atom. The van der Waals surface area contributed by atoms with Gasteiger partial charge in [-0.05, 0) is 12.5 Å². The van der Waals surface area contributed by atoms with Gasteiger partial charge in [0, 0.05) is 19.5 Å². The molecule has 1 unspecified atom stereocenters. The predicted octanol–water partition coefficient (Wildman–Crippen LogP) is -0.0954. The molecule has 2 rings (SSSR count). The monoisotopic (exact) mass is 285 g/mol. The average Bonchev–Trinajstić information content (AvgIpc) is 2.93. The maximum absolute atomic E-state index is 11.1. The summed E-state index contributed by atoms with van der Waals surface area (Å²) in [6.45, 7) is 0. The van der Waals surface area contributed by atoms with Crippen LogP contribution in [0.3, 0.4) is 0 Å². The molecular weight excluding hydrogens is 270 g/mol. The second-order valence-electron chi connectivity index (χ2n) is 4.36. The standard InChI is InChI=1S/C10H15N5O3S/c1-15-5-3-8(13-15)9-12-10(18-14-9)7(11)4-6-19(2,16)17/h3,5,7H,4,6,11H2,1-2H3. The van der Waals surface area contributed by atoms with Crippen LogP contribution >= 0.6 is 0 Å². The number of aryl methyl sites for hydroxylation is 1. The van der Waals surface area contributed by atoms with E-state index in [0.29, 0.717) is 11.5 Å². The van der Waals surface area contributed by atoms with Crippen LogP contribution < -0.4 is 5.73 Å². The van der Waals surface area contributed by atoms with Gasteiger partial charge in [-0.25, -0.2) is 8.42 Å². The molecule has 104 valence electrons. The Hall–Kier alpha value is -1.74. The predicted molar refractivity (Wildman–Crippen MR) is 67.8 cm³/mol. The first kappa shape index (κ1) is 13.7. The number of hydrogen-bond donors (Lipinski definition) is 1. The fourth-order valence-electron chi connectivity index (χ4n) is 1.49. The molecule has 0 aliphatic heterocycles. The summed E-state index contributed by atoms with van der Waals surface area (Å²) in [7, 11) is -1.27. The van der Waals surface area contributed by atoms with Gasteiger partial charge in [-0.3, -0.25) is 4.68 Å². The van der Waals surface area contributed by atoms with E-state index in [9.17, 15) is 8.42 Å². The minimum absolute atomic E-state index is 0.0184. The molecule has 0 aromatic carbocycles. The highest BCUT2D eigenvalue weighted by molar-refractivity contribution is 7.90. The van der Waals surface area contributed by atoms with Gasteiger partial charge in [0.05, 0.1) is 11.8 Å². The van der Waals surface area contributed by atoms with Crippen LogP contribution in [0.25, 0.3) is 11.5 Å². The second-order valence-corrected chi connectivity index (χ2v) is 6.62. The zero-order chi connectivity index (χ0) is 14.0. The Balaban J connectivity index is 2.08. The molecule has 2 aromatic heterocycles. The van der Waals surface area contributed by atoms with Crippen LogP contribution in [0.5, 0.6) is 0 Å². The van der Waals surface area contributed by atoms with E-state index >= 15 is 0 Å². The maximum Gasteiger partial charge on any atom is 0.243 e. The van der Waals surface area contributed by atoms with Gasteiger partial charge in [0.15, 0.2) is 0 Å². The van der Waals surface area contributed by atoms with Crippen molar-refractivity contribution >= 4 is 9.84 Å². The van der Waals surface area contributed by atoms with Crippen molar-refractivity contribution in [3.8, 4) is 11.5 Å². The van der Waals surface area contributed by atoms with Crippen LogP contribution in [0.2, 0.25) is 0 Å². The molecule has 0 saturated carbocycles. The summed E-state index contributed by atoms with van der Waals surface area (Å²) in [5, 5.41) is 7.91. The van der Waals surface area contributed by atoms with Gasteiger partial charge < -0.3 is 10.3 Å². The quantitative estimate of drug-likeness (QED) is 0.815. The molecule has 2 heterocycles. The summed E-state index contributed by atoms with van der Waals surface area (Å²) in [5.74, 6) is 0.532. The fraction of sp³-hybridized carbons (Fsp3) is 0.500. The van der Waals surface area contributed by atoms with Crippen molar-refractivity contribution < 1.29 is 12.9 Å². The molecule has 2 aromatic rings. The van der Waals surface area contributed by atoms with Crippen molar-refractivity contribution in [1.82, 2.24) is 19.9 Å². The van der Waals surface area contributed by atoms with Gasteiger partial charge in [-0.2, -0.15) is 10.1 Å². The van der Waals surface area contributed by atoms with E-state index in [1.807, 2.05) is 0 Å². The molecule has 0 bridgehead atoms. The summed E-state index contributed by atoms with van der Waals surface area (Å²) < 4.78 is 28.8. The Morgan fingerprint density at radius 3 is 2.84 bits per heavy atom. The Labute approximate surface area is 110 Å². The molecule has 0 fully saturated rings. The smallest absolute Gasteiger partial charge is 0.243 e. The highest BCUT2D eigenvalue weighted by Crippen LogP contribution is 2.17. The lowest BCUT2D eigenvalue weighted by molar-refractivity contribution is 0.352. The highest BCUT2D eigenvalue weighted by atomic mass is 32.2. The van der Waals surface area contributed by atoms with Crippen molar-refractivity contribution in [3.05, 3.63) is 18.2 Å². The fourth-order valence-corrected chi connectivity index (χ4v) is 2.17. The minimum Gasteiger partial charge on any atom is -0.337 e. The van der Waals surface area contributed by atoms with Gasteiger partial charge in [0.25, 0.3) is 0 Å². The minimum atomic E-state index is -3.05. The highest BCUT2D eigenvalue weighted by Gasteiger charge is 2.18. The van der Waals surface area contributed by atoms with E-state index in [0.717, 1.165) is 6.26 Å². The Kier molecular flexibility index (Phi) is 3.67. The number of hydrogen-bond acceptors (Lipinski definition) is 7. The molecule has 9 heteroatoms. The molecule has 0 saturated heterocycles. The second kappa shape index (κ2) is 5.10. The van der Waals surface area contributed by atoms with Gasteiger partial charge in [0.1, 0.15) is 15.5 Å². The number of aromatic nitrogens is 4. The van der Waals surface area contributed by atoms with Crippen molar-refractivity contribution in [2.75, 3.05) is 12.0 Å². The largest absolute Gasteiger partial charge is 0.337 e. The molecule has 0 spiro atoms. The topological polar surface area (TPSA) is 117 Å². The Bertz CT molecular complexity index is 660. The third kappa shape index (κ3) is 3.61. The summed E-state index contributed by atoms with van der Waals surface area (Å²) in [5.41, 5.74) is 6.39. The summed E-state index contributed by atoms with van der Waals surface area (Å²) in [4.78, 5) is 4.12. The van der Waals surface area contributed by atoms with Gasteiger partial charge in [-0.1, -0.05) is 5.16 Å². The van der Waals surface area contributed by atoms with Crippen LogP contribution in [0.4, 0.5) is 0 Å². The molecule has 0 amide bonds. The molecule has 1 atom stereocenters. The third-order valence-electron chi connectivity index (χ3n) is 2.50. The van der Waals surface area contributed by atoms with E-state index in [2.05, 4.69) is 15.2 Å². The number of sulfone groups is 1. The lowest BCUT2D eigenvalue weighted by atomic mass is 10.2. The first-order chi connectivity index (χ1) is 8.85. The van der Waals surface area contributed by atoms with Crippen molar-refractivity contribution in [3.63, 3.8) is 0 Å². The van der Waals surface area contributed by atoms with Crippen LogP contribution in [0.15, 0.2) is 16.8 Å². The normalized spacial score (nSPS) is 13.6. The molecule has 19 heavy (non-hydrogen) atoms. The van der Waals surface area contributed by atoms with E-state index < -0.39 is 15.9 Å². The molecular formula is C10H15N5O3S. The van der Waals surface area contributed by atoms with E-state index in [1.165, 1.54) is 0 Å². The van der Waals surface area contributed by atoms with Gasteiger partial charge >= 0.3 is 0 Å². The lowest BCUT2D eigenvalue weighted by Gasteiger charge is -2.04. The molecule has 0 aliphatic rings. The number of rotatable bonds is 5. The van der Waals surface area contributed by atoms with Crippen molar-refractivity contribution in [1.29, 1.82) is 0 Å². The van der Waals surface area contributed by atoms with Crippen LogP contribution in [-0.2, 0) is 16.9 Å². The molecule has 0 radical (unpaired) electrons. The van der Waals surface area contributed by atoms with E-state index in [4.69, 9.17) is 10.3 Å². The molecule has 0 aliphatic carbocycles. The Morgan fingerprint density at radius 2 is 2.26 bits per heavy atom.